The summed E-state index contributed by atoms with van der Waals surface area (Å²) in [6.07, 6.45) is 1.21. The summed E-state index contributed by atoms with van der Waals surface area (Å²) in [6, 6.07) is 17.3. The third-order valence-corrected chi connectivity index (χ3v) is 6.29. The first-order chi connectivity index (χ1) is 15.5. The van der Waals surface area contributed by atoms with Crippen molar-refractivity contribution in [1.82, 2.24) is 0 Å². The summed E-state index contributed by atoms with van der Waals surface area (Å²) in [6.45, 7) is 1.14. The summed E-state index contributed by atoms with van der Waals surface area (Å²) < 4.78 is 0. The molecule has 0 aliphatic carbocycles. The number of hydrogen-bond donors (Lipinski definition) is 2. The highest BCUT2D eigenvalue weighted by Gasteiger charge is 2.28. The molecular formula is C23H22N4O4S. The number of carbonyl (C=O) groups excluding carboxylic acids is 2. The van der Waals surface area contributed by atoms with Crippen molar-refractivity contribution >= 4 is 45.9 Å². The Bertz CT molecular complexity index is 1120. The molecule has 2 amide bonds. The van der Waals surface area contributed by atoms with Gasteiger partial charge >= 0.3 is 0 Å². The number of nitrogens with zero attached hydrogens (tertiary/aromatic N) is 2. The number of carbonyl (C=O) groups is 2. The smallest absolute Gasteiger partial charge is 0.292 e. The molecule has 1 fully saturated rings. The number of amides is 2. The van der Waals surface area contributed by atoms with E-state index in [1.165, 1.54) is 17.4 Å². The minimum atomic E-state index is -0.377. The first-order valence-electron chi connectivity index (χ1n) is 10.3. The first-order valence-corrected chi connectivity index (χ1v) is 11.1. The molecule has 164 valence electrons. The van der Waals surface area contributed by atoms with Crippen LogP contribution in [0.4, 0.5) is 22.7 Å². The summed E-state index contributed by atoms with van der Waals surface area (Å²) in [5.74, 6) is -0.460. The van der Waals surface area contributed by atoms with Crippen molar-refractivity contribution in [1.29, 1.82) is 0 Å². The number of benzene rings is 2. The molecule has 0 radical (unpaired) electrons. The largest absolute Gasteiger partial charge is 0.366 e. The normalized spacial score (nSPS) is 14.1. The van der Waals surface area contributed by atoms with Gasteiger partial charge in [0.25, 0.3) is 11.6 Å². The molecule has 1 saturated heterocycles. The topological polar surface area (TPSA) is 105 Å². The molecule has 0 saturated carbocycles. The summed E-state index contributed by atoms with van der Waals surface area (Å²) in [5.41, 5.74) is 1.88. The average Bonchev–Trinajstić information content (AvgIpc) is 3.35. The number of para-hydroxylation sites is 2. The summed E-state index contributed by atoms with van der Waals surface area (Å²) in [4.78, 5) is 38.5. The van der Waals surface area contributed by atoms with E-state index in [1.54, 1.807) is 48.5 Å². The first kappa shape index (κ1) is 21.5. The molecule has 1 aromatic heterocycles. The van der Waals surface area contributed by atoms with Crippen LogP contribution >= 0.6 is 11.3 Å². The zero-order chi connectivity index (χ0) is 22.5. The van der Waals surface area contributed by atoms with Gasteiger partial charge in [-0.2, -0.15) is 0 Å². The average molecular weight is 451 g/mol. The standard InChI is InChI=1S/C23H22N4O4S/c28-22(16-10-12-26(13-11-16)19-7-1-2-8-20(19)27(30)31)24-17-5-3-6-18(15-17)25-23(29)21-9-4-14-32-21/h1-9,14-16H,10-13H2,(H,24,28)(H,25,29). The van der Waals surface area contributed by atoms with Gasteiger partial charge < -0.3 is 15.5 Å². The Morgan fingerprint density at radius 2 is 1.69 bits per heavy atom. The van der Waals surface area contributed by atoms with Gasteiger partial charge in [0.1, 0.15) is 5.69 Å². The van der Waals surface area contributed by atoms with Gasteiger partial charge in [-0.15, -0.1) is 11.3 Å². The quantitative estimate of drug-likeness (QED) is 0.416. The number of thiophene rings is 1. The molecule has 0 atom stereocenters. The molecule has 1 aliphatic rings. The molecule has 0 spiro atoms. The Labute approximate surface area is 189 Å². The lowest BCUT2D eigenvalue weighted by Gasteiger charge is -2.32. The molecule has 32 heavy (non-hydrogen) atoms. The lowest BCUT2D eigenvalue weighted by Crippen LogP contribution is -2.38. The van der Waals surface area contributed by atoms with Crippen molar-refractivity contribution in [3.63, 3.8) is 0 Å². The Kier molecular flexibility index (Phi) is 6.46. The Hall–Kier alpha value is -3.72. The second-order valence-electron chi connectivity index (χ2n) is 7.51. The minimum Gasteiger partial charge on any atom is -0.366 e. The predicted molar refractivity (Wildman–Crippen MR) is 125 cm³/mol. The van der Waals surface area contributed by atoms with Gasteiger partial charge in [0, 0.05) is 36.4 Å². The number of hydrogen-bond acceptors (Lipinski definition) is 6. The van der Waals surface area contributed by atoms with Gasteiger partial charge in [-0.1, -0.05) is 24.3 Å². The van der Waals surface area contributed by atoms with E-state index in [0.717, 1.165) is 0 Å². The highest BCUT2D eigenvalue weighted by atomic mass is 32.1. The summed E-state index contributed by atoms with van der Waals surface area (Å²) >= 11 is 1.36. The van der Waals surface area contributed by atoms with Crippen LogP contribution in [0.5, 0.6) is 0 Å². The van der Waals surface area contributed by atoms with Crippen LogP contribution in [0.1, 0.15) is 22.5 Å². The fraction of sp³-hybridized carbons (Fsp3) is 0.217. The number of nitro benzene ring substituents is 1. The van der Waals surface area contributed by atoms with Crippen LogP contribution in [0.25, 0.3) is 0 Å². The lowest BCUT2D eigenvalue weighted by molar-refractivity contribution is -0.384. The second-order valence-corrected chi connectivity index (χ2v) is 8.46. The molecule has 2 aromatic carbocycles. The molecule has 0 bridgehead atoms. The lowest BCUT2D eigenvalue weighted by atomic mass is 9.95. The molecule has 1 aliphatic heterocycles. The van der Waals surface area contributed by atoms with E-state index < -0.39 is 0 Å². The number of rotatable bonds is 6. The molecule has 0 unspecified atom stereocenters. The highest BCUT2D eigenvalue weighted by molar-refractivity contribution is 7.12. The monoisotopic (exact) mass is 450 g/mol. The number of anilines is 3. The molecule has 9 heteroatoms. The van der Waals surface area contributed by atoms with E-state index in [0.29, 0.717) is 47.9 Å². The van der Waals surface area contributed by atoms with E-state index in [9.17, 15) is 19.7 Å². The van der Waals surface area contributed by atoms with Crippen molar-refractivity contribution in [2.75, 3.05) is 28.6 Å². The summed E-state index contributed by atoms with van der Waals surface area (Å²) in [5, 5.41) is 18.9. The zero-order valence-corrected chi connectivity index (χ0v) is 18.0. The zero-order valence-electron chi connectivity index (χ0n) is 17.2. The van der Waals surface area contributed by atoms with Gasteiger partial charge in [0.05, 0.1) is 9.80 Å². The second kappa shape index (κ2) is 9.61. The van der Waals surface area contributed by atoms with E-state index in [4.69, 9.17) is 0 Å². The van der Waals surface area contributed by atoms with Crippen molar-refractivity contribution in [3.8, 4) is 0 Å². The molecule has 2 heterocycles. The molecular weight excluding hydrogens is 428 g/mol. The van der Waals surface area contributed by atoms with E-state index in [2.05, 4.69) is 10.6 Å². The third-order valence-electron chi connectivity index (χ3n) is 5.42. The summed E-state index contributed by atoms with van der Waals surface area (Å²) in [7, 11) is 0. The number of nitrogens with one attached hydrogen (secondary N) is 2. The predicted octanol–water partition coefficient (Wildman–Crippen LogP) is 4.76. The SMILES string of the molecule is O=C(Nc1cccc(NC(=O)C2CCN(c3ccccc3[N+](=O)[O-])CC2)c1)c1cccs1. The maximum absolute atomic E-state index is 12.8. The van der Waals surface area contributed by atoms with Gasteiger partial charge in [-0.05, 0) is 48.6 Å². The van der Waals surface area contributed by atoms with E-state index >= 15 is 0 Å². The molecule has 8 nitrogen and oxygen atoms in total. The molecule has 3 aromatic rings. The van der Waals surface area contributed by atoms with E-state index in [-0.39, 0.29) is 28.3 Å². The van der Waals surface area contributed by atoms with Gasteiger partial charge in [0.2, 0.25) is 5.91 Å². The van der Waals surface area contributed by atoms with Crippen molar-refractivity contribution in [3.05, 3.63) is 81.0 Å². The van der Waals surface area contributed by atoms with Crippen LogP contribution in [0.3, 0.4) is 0 Å². The Morgan fingerprint density at radius 3 is 2.38 bits per heavy atom. The van der Waals surface area contributed by atoms with Crippen molar-refractivity contribution in [2.45, 2.75) is 12.8 Å². The van der Waals surface area contributed by atoms with Crippen molar-refractivity contribution < 1.29 is 14.5 Å². The van der Waals surface area contributed by atoms with Crippen LogP contribution in [-0.2, 0) is 4.79 Å². The third kappa shape index (κ3) is 4.94. The van der Waals surface area contributed by atoms with Crippen LogP contribution < -0.4 is 15.5 Å². The minimum absolute atomic E-state index is 0.0804. The number of nitro groups is 1. The van der Waals surface area contributed by atoms with Crippen LogP contribution in [0, 0.1) is 16.0 Å². The fourth-order valence-corrected chi connectivity index (χ4v) is 4.41. The van der Waals surface area contributed by atoms with Crippen LogP contribution in [0.2, 0.25) is 0 Å². The molecule has 4 rings (SSSR count). The molecule has 2 N–H and O–H groups in total. The fourth-order valence-electron chi connectivity index (χ4n) is 3.79. The maximum atomic E-state index is 12.8. The Morgan fingerprint density at radius 1 is 0.969 bits per heavy atom. The number of piperidine rings is 1. The van der Waals surface area contributed by atoms with Gasteiger partial charge in [0.15, 0.2) is 0 Å². The maximum Gasteiger partial charge on any atom is 0.292 e. The van der Waals surface area contributed by atoms with Gasteiger partial charge in [-0.3, -0.25) is 19.7 Å². The Balaban J connectivity index is 1.34. The van der Waals surface area contributed by atoms with E-state index in [1.807, 2.05) is 16.3 Å². The van der Waals surface area contributed by atoms with Crippen LogP contribution in [-0.4, -0.2) is 29.8 Å². The van der Waals surface area contributed by atoms with Gasteiger partial charge in [-0.25, -0.2) is 0 Å². The van der Waals surface area contributed by atoms with Crippen LogP contribution in [0.15, 0.2) is 66.0 Å². The highest BCUT2D eigenvalue weighted by Crippen LogP contribution is 2.31. The van der Waals surface area contributed by atoms with Crippen molar-refractivity contribution in [2.24, 2.45) is 5.92 Å².